The highest BCUT2D eigenvalue weighted by Gasteiger charge is 2.47. The fourth-order valence-electron chi connectivity index (χ4n) is 4.03. The summed E-state index contributed by atoms with van der Waals surface area (Å²) in [5.74, 6) is 0.634. The highest BCUT2D eigenvalue weighted by Crippen LogP contribution is 2.58. The van der Waals surface area contributed by atoms with Crippen molar-refractivity contribution >= 4 is 57.5 Å². The second-order valence-corrected chi connectivity index (χ2v) is 11.6. The summed E-state index contributed by atoms with van der Waals surface area (Å²) >= 11 is 12.8. The standard InChI is InChI=1S/C26H19Cl2NOP/c27-22-16-17-23(28)26-25(22)29-24(30-26)18-31(19-10-4-1-5-11-19,20-12-6-2-7-13-20)21-14-8-3-9-15-21/h1-17H,18H2/q+1. The molecule has 5 rings (SSSR count). The zero-order valence-electron chi connectivity index (χ0n) is 16.6. The van der Waals surface area contributed by atoms with Gasteiger partial charge in [0.05, 0.1) is 10.0 Å². The van der Waals surface area contributed by atoms with Crippen LogP contribution in [0.2, 0.25) is 10.0 Å². The van der Waals surface area contributed by atoms with Crippen LogP contribution in [-0.4, -0.2) is 4.98 Å². The van der Waals surface area contributed by atoms with Gasteiger partial charge in [-0.15, -0.1) is 0 Å². The molecule has 0 aliphatic carbocycles. The van der Waals surface area contributed by atoms with Gasteiger partial charge in [0, 0.05) is 0 Å². The van der Waals surface area contributed by atoms with Crippen molar-refractivity contribution in [3.8, 4) is 0 Å². The number of aromatic nitrogens is 1. The first kappa shape index (κ1) is 20.3. The van der Waals surface area contributed by atoms with Crippen LogP contribution in [0.3, 0.4) is 0 Å². The van der Waals surface area contributed by atoms with Gasteiger partial charge in [-0.25, -0.2) is 4.98 Å². The van der Waals surface area contributed by atoms with E-state index in [1.165, 1.54) is 15.9 Å². The summed E-state index contributed by atoms with van der Waals surface area (Å²) in [4.78, 5) is 4.78. The lowest BCUT2D eigenvalue weighted by atomic mass is 10.3. The Morgan fingerprint density at radius 3 is 1.52 bits per heavy atom. The molecule has 4 aromatic carbocycles. The molecule has 31 heavy (non-hydrogen) atoms. The van der Waals surface area contributed by atoms with Crippen LogP contribution in [0.1, 0.15) is 5.89 Å². The number of rotatable bonds is 5. The van der Waals surface area contributed by atoms with Crippen LogP contribution in [0.4, 0.5) is 0 Å². The van der Waals surface area contributed by atoms with Gasteiger partial charge in [0.15, 0.2) is 5.58 Å². The topological polar surface area (TPSA) is 26.0 Å². The summed E-state index contributed by atoms with van der Waals surface area (Å²) in [6.45, 7) is 0. The number of nitrogens with zero attached hydrogens (tertiary/aromatic N) is 1. The first-order chi connectivity index (χ1) is 15.2. The van der Waals surface area contributed by atoms with E-state index in [0.29, 0.717) is 33.2 Å². The molecule has 0 N–H and O–H groups in total. The molecule has 0 fully saturated rings. The molecular formula is C26H19Cl2NOP+. The normalized spacial score (nSPS) is 11.7. The predicted octanol–water partition coefficient (Wildman–Crippen LogP) is 6.63. The molecule has 0 atom stereocenters. The van der Waals surface area contributed by atoms with Crippen molar-refractivity contribution < 1.29 is 4.42 Å². The maximum absolute atomic E-state index is 6.39. The summed E-state index contributed by atoms with van der Waals surface area (Å²) in [6.07, 6.45) is 0.631. The minimum Gasteiger partial charge on any atom is -0.435 e. The van der Waals surface area contributed by atoms with Gasteiger partial charge < -0.3 is 4.42 Å². The number of oxazole rings is 1. The van der Waals surface area contributed by atoms with E-state index in [-0.39, 0.29) is 0 Å². The van der Waals surface area contributed by atoms with E-state index in [1.807, 2.05) is 18.2 Å². The highest BCUT2D eigenvalue weighted by molar-refractivity contribution is 7.95. The average Bonchev–Trinajstić information content (AvgIpc) is 3.27. The van der Waals surface area contributed by atoms with E-state index in [1.54, 1.807) is 12.1 Å². The van der Waals surface area contributed by atoms with Crippen molar-refractivity contribution in [3.05, 3.63) is 119 Å². The maximum atomic E-state index is 6.39. The highest BCUT2D eigenvalue weighted by atomic mass is 35.5. The van der Waals surface area contributed by atoms with Gasteiger partial charge in [-0.1, -0.05) is 77.8 Å². The van der Waals surface area contributed by atoms with Crippen molar-refractivity contribution in [2.45, 2.75) is 6.16 Å². The second kappa shape index (κ2) is 8.48. The molecular weight excluding hydrogens is 444 g/mol. The predicted molar refractivity (Wildman–Crippen MR) is 133 cm³/mol. The van der Waals surface area contributed by atoms with Crippen LogP contribution in [0.15, 0.2) is 108 Å². The Morgan fingerprint density at radius 2 is 1.06 bits per heavy atom. The number of benzene rings is 4. The minimum absolute atomic E-state index is 0.515. The number of halogens is 2. The zero-order chi connectivity index (χ0) is 21.3. The molecule has 1 aromatic heterocycles. The van der Waals surface area contributed by atoms with Crippen LogP contribution in [0, 0.1) is 0 Å². The zero-order valence-corrected chi connectivity index (χ0v) is 19.0. The fraction of sp³-hybridized carbons (Fsp3) is 0.0385. The van der Waals surface area contributed by atoms with E-state index in [0.717, 1.165) is 0 Å². The van der Waals surface area contributed by atoms with Crippen LogP contribution in [-0.2, 0) is 6.16 Å². The van der Waals surface area contributed by atoms with Gasteiger partial charge in [0.2, 0.25) is 5.89 Å². The minimum atomic E-state index is -2.10. The molecule has 0 saturated carbocycles. The largest absolute Gasteiger partial charge is 0.435 e. The van der Waals surface area contributed by atoms with Crippen molar-refractivity contribution in [2.75, 3.05) is 0 Å². The summed E-state index contributed by atoms with van der Waals surface area (Å²) in [6, 6.07) is 35.4. The van der Waals surface area contributed by atoms with Crippen molar-refractivity contribution in [3.63, 3.8) is 0 Å². The molecule has 1 heterocycles. The lowest BCUT2D eigenvalue weighted by Crippen LogP contribution is -2.32. The van der Waals surface area contributed by atoms with E-state index in [4.69, 9.17) is 32.6 Å². The smallest absolute Gasteiger partial charge is 0.234 e. The molecule has 5 aromatic rings. The van der Waals surface area contributed by atoms with E-state index in [9.17, 15) is 0 Å². The van der Waals surface area contributed by atoms with Crippen LogP contribution < -0.4 is 15.9 Å². The first-order valence-corrected chi connectivity index (χ1v) is 12.7. The van der Waals surface area contributed by atoms with Gasteiger partial charge in [-0.05, 0) is 48.5 Å². The van der Waals surface area contributed by atoms with Crippen LogP contribution >= 0.6 is 30.5 Å². The molecule has 2 nitrogen and oxygen atoms in total. The molecule has 0 aliphatic heterocycles. The molecule has 0 aliphatic rings. The fourth-order valence-corrected chi connectivity index (χ4v) is 8.44. The molecule has 0 amide bonds. The monoisotopic (exact) mass is 462 g/mol. The van der Waals surface area contributed by atoms with E-state index in [2.05, 4.69) is 72.8 Å². The van der Waals surface area contributed by atoms with E-state index < -0.39 is 7.26 Å². The third kappa shape index (κ3) is 3.66. The first-order valence-electron chi connectivity index (χ1n) is 9.97. The Bertz CT molecular complexity index is 1190. The third-order valence-corrected chi connectivity index (χ3v) is 10.3. The molecule has 5 heteroatoms. The quantitative estimate of drug-likeness (QED) is 0.274. The molecule has 0 saturated heterocycles. The maximum Gasteiger partial charge on any atom is 0.234 e. The van der Waals surface area contributed by atoms with Crippen molar-refractivity contribution in [2.24, 2.45) is 0 Å². The number of hydrogen-bond donors (Lipinski definition) is 0. The van der Waals surface area contributed by atoms with Crippen LogP contribution in [0.25, 0.3) is 11.1 Å². The molecule has 0 spiro atoms. The lowest BCUT2D eigenvalue weighted by Gasteiger charge is -2.26. The summed E-state index contributed by atoms with van der Waals surface area (Å²) in [5.41, 5.74) is 1.15. The second-order valence-electron chi connectivity index (χ2n) is 7.29. The SMILES string of the molecule is Clc1ccc(Cl)c2oc(C[P+](c3ccccc3)(c3ccccc3)c3ccccc3)nc12. The molecule has 0 unspecified atom stereocenters. The summed E-state index contributed by atoms with van der Waals surface area (Å²) < 4.78 is 6.20. The number of hydrogen-bond acceptors (Lipinski definition) is 2. The average molecular weight is 463 g/mol. The molecule has 152 valence electrons. The van der Waals surface area contributed by atoms with Gasteiger partial charge >= 0.3 is 0 Å². The summed E-state index contributed by atoms with van der Waals surface area (Å²) in [7, 11) is -2.10. The Morgan fingerprint density at radius 1 is 0.613 bits per heavy atom. The third-order valence-electron chi connectivity index (χ3n) is 5.45. The Hall–Kier alpha value is -2.64. The van der Waals surface area contributed by atoms with Gasteiger partial charge in [0.1, 0.15) is 34.9 Å². The number of fused-ring (bicyclic) bond motifs is 1. The van der Waals surface area contributed by atoms with Crippen LogP contribution in [0.5, 0.6) is 0 Å². The van der Waals surface area contributed by atoms with Crippen molar-refractivity contribution in [1.29, 1.82) is 0 Å². The van der Waals surface area contributed by atoms with Gasteiger partial charge in [-0.2, -0.15) is 0 Å². The Kier molecular flexibility index (Phi) is 5.54. The lowest BCUT2D eigenvalue weighted by molar-refractivity contribution is 0.555. The molecule has 0 radical (unpaired) electrons. The van der Waals surface area contributed by atoms with Crippen molar-refractivity contribution in [1.82, 2.24) is 4.98 Å². The Labute approximate surface area is 191 Å². The van der Waals surface area contributed by atoms with E-state index >= 15 is 0 Å². The van der Waals surface area contributed by atoms with Gasteiger partial charge in [-0.3, -0.25) is 0 Å². The Balaban J connectivity index is 1.78. The summed E-state index contributed by atoms with van der Waals surface area (Å²) in [5, 5.41) is 4.87. The molecule has 0 bridgehead atoms. The van der Waals surface area contributed by atoms with Gasteiger partial charge in [0.25, 0.3) is 0 Å².